The lowest BCUT2D eigenvalue weighted by molar-refractivity contribution is -0.118. The highest BCUT2D eigenvalue weighted by Crippen LogP contribution is 2.18. The van der Waals surface area contributed by atoms with Crippen LogP contribution in [0.5, 0.6) is 0 Å². The van der Waals surface area contributed by atoms with Crippen LogP contribution in [0, 0.1) is 5.92 Å². The van der Waals surface area contributed by atoms with Gasteiger partial charge in [-0.15, -0.1) is 0 Å². The second-order valence-corrected chi connectivity index (χ2v) is 7.84. The molecule has 1 amide bonds. The Hall–Kier alpha value is -1.82. The standard InChI is InChI=1S/C20H29N3O2S/c1-4-5-8-12-21-18(24)14-26-20-22-17-10-7-6-9-16(17)19(25)23(20)13-11-15(2)3/h6-7,9-10,15H,4-5,8,11-14H2,1-3H3,(H,21,24). The molecule has 1 N–H and O–H groups in total. The summed E-state index contributed by atoms with van der Waals surface area (Å²) in [5.74, 6) is 0.760. The molecule has 0 saturated carbocycles. The van der Waals surface area contributed by atoms with Crippen LogP contribution in [-0.2, 0) is 11.3 Å². The van der Waals surface area contributed by atoms with Crippen molar-refractivity contribution >= 4 is 28.6 Å². The highest BCUT2D eigenvalue weighted by molar-refractivity contribution is 7.99. The molecule has 26 heavy (non-hydrogen) atoms. The van der Waals surface area contributed by atoms with Gasteiger partial charge in [-0.25, -0.2) is 4.98 Å². The van der Waals surface area contributed by atoms with E-state index in [1.54, 1.807) is 4.57 Å². The summed E-state index contributed by atoms with van der Waals surface area (Å²) in [4.78, 5) is 29.6. The molecule has 142 valence electrons. The van der Waals surface area contributed by atoms with E-state index in [2.05, 4.69) is 31.1 Å². The lowest BCUT2D eigenvalue weighted by atomic mass is 10.1. The average Bonchev–Trinajstić information content (AvgIpc) is 2.63. The number of amides is 1. The molecule has 0 saturated heterocycles. The summed E-state index contributed by atoms with van der Waals surface area (Å²) in [6, 6.07) is 7.39. The zero-order valence-electron chi connectivity index (χ0n) is 16.0. The first kappa shape index (κ1) is 20.5. The summed E-state index contributed by atoms with van der Waals surface area (Å²) < 4.78 is 1.72. The first-order valence-electron chi connectivity index (χ1n) is 9.42. The van der Waals surface area contributed by atoms with Crippen molar-refractivity contribution in [1.29, 1.82) is 0 Å². The molecule has 2 rings (SSSR count). The van der Waals surface area contributed by atoms with E-state index in [-0.39, 0.29) is 17.2 Å². The number of hydrogen-bond acceptors (Lipinski definition) is 4. The predicted octanol–water partition coefficient (Wildman–Crippen LogP) is 3.84. The molecule has 0 fully saturated rings. The van der Waals surface area contributed by atoms with Crippen LogP contribution in [0.25, 0.3) is 10.9 Å². The van der Waals surface area contributed by atoms with Crippen molar-refractivity contribution in [3.63, 3.8) is 0 Å². The normalized spacial score (nSPS) is 11.2. The summed E-state index contributed by atoms with van der Waals surface area (Å²) in [6.07, 6.45) is 4.15. The maximum atomic E-state index is 12.9. The van der Waals surface area contributed by atoms with Gasteiger partial charge in [0.1, 0.15) is 0 Å². The highest BCUT2D eigenvalue weighted by Gasteiger charge is 2.13. The zero-order valence-corrected chi connectivity index (χ0v) is 16.8. The van der Waals surface area contributed by atoms with Gasteiger partial charge in [-0.1, -0.05) is 57.5 Å². The second-order valence-electron chi connectivity index (χ2n) is 6.90. The van der Waals surface area contributed by atoms with Crippen LogP contribution in [0.1, 0.15) is 46.5 Å². The number of carbonyl (C=O) groups is 1. The molecule has 0 bridgehead atoms. The van der Waals surface area contributed by atoms with Crippen molar-refractivity contribution in [1.82, 2.24) is 14.9 Å². The Morgan fingerprint density at radius 3 is 2.77 bits per heavy atom. The van der Waals surface area contributed by atoms with Gasteiger partial charge in [-0.05, 0) is 30.9 Å². The van der Waals surface area contributed by atoms with Crippen LogP contribution in [0.4, 0.5) is 0 Å². The third-order valence-corrected chi connectivity index (χ3v) is 5.17. The van der Waals surface area contributed by atoms with Crippen LogP contribution < -0.4 is 10.9 Å². The minimum Gasteiger partial charge on any atom is -0.355 e. The fraction of sp³-hybridized carbons (Fsp3) is 0.550. The first-order chi connectivity index (χ1) is 12.5. The van der Waals surface area contributed by atoms with Crippen LogP contribution in [0.15, 0.2) is 34.2 Å². The van der Waals surface area contributed by atoms with Gasteiger partial charge in [0.15, 0.2) is 5.16 Å². The minimum atomic E-state index is -0.0258. The van der Waals surface area contributed by atoms with Crippen molar-refractivity contribution in [2.45, 2.75) is 58.2 Å². The average molecular weight is 376 g/mol. The lowest BCUT2D eigenvalue weighted by Gasteiger charge is -2.14. The lowest BCUT2D eigenvalue weighted by Crippen LogP contribution is -2.28. The van der Waals surface area contributed by atoms with E-state index >= 15 is 0 Å². The molecule has 0 aliphatic rings. The van der Waals surface area contributed by atoms with E-state index in [1.165, 1.54) is 11.8 Å². The molecule has 0 unspecified atom stereocenters. The molecular weight excluding hydrogens is 346 g/mol. The van der Waals surface area contributed by atoms with Crippen molar-refractivity contribution in [2.75, 3.05) is 12.3 Å². The number of nitrogens with one attached hydrogen (secondary N) is 1. The monoisotopic (exact) mass is 375 g/mol. The van der Waals surface area contributed by atoms with Gasteiger partial charge >= 0.3 is 0 Å². The number of nitrogens with zero attached hydrogens (tertiary/aromatic N) is 2. The summed E-state index contributed by atoms with van der Waals surface area (Å²) in [6.45, 7) is 7.74. The quantitative estimate of drug-likeness (QED) is 0.389. The van der Waals surface area contributed by atoms with E-state index in [4.69, 9.17) is 0 Å². The molecule has 5 nitrogen and oxygen atoms in total. The first-order valence-corrected chi connectivity index (χ1v) is 10.4. The number of benzene rings is 1. The molecule has 1 aromatic heterocycles. The SMILES string of the molecule is CCCCCNC(=O)CSc1nc2ccccc2c(=O)n1CCC(C)C. The Labute approximate surface area is 159 Å². The molecule has 0 aliphatic carbocycles. The zero-order chi connectivity index (χ0) is 18.9. The Morgan fingerprint density at radius 2 is 2.04 bits per heavy atom. The molecule has 2 aromatic rings. The van der Waals surface area contributed by atoms with E-state index in [0.717, 1.165) is 25.7 Å². The van der Waals surface area contributed by atoms with Crippen LogP contribution in [0.2, 0.25) is 0 Å². The van der Waals surface area contributed by atoms with Gasteiger partial charge in [-0.3, -0.25) is 14.2 Å². The van der Waals surface area contributed by atoms with Gasteiger partial charge in [0.2, 0.25) is 5.91 Å². The number of carbonyl (C=O) groups excluding carboxylic acids is 1. The Bertz CT molecular complexity index is 786. The molecule has 0 spiro atoms. The predicted molar refractivity (Wildman–Crippen MR) is 109 cm³/mol. The summed E-state index contributed by atoms with van der Waals surface area (Å²) in [7, 11) is 0. The number of hydrogen-bond donors (Lipinski definition) is 1. The Balaban J connectivity index is 2.14. The van der Waals surface area contributed by atoms with Crippen LogP contribution >= 0.6 is 11.8 Å². The molecule has 6 heteroatoms. The maximum absolute atomic E-state index is 12.9. The summed E-state index contributed by atoms with van der Waals surface area (Å²) >= 11 is 1.34. The molecular formula is C20H29N3O2S. The Morgan fingerprint density at radius 1 is 1.27 bits per heavy atom. The molecule has 0 aliphatic heterocycles. The third kappa shape index (κ3) is 5.87. The van der Waals surface area contributed by atoms with Crippen LogP contribution in [-0.4, -0.2) is 27.8 Å². The van der Waals surface area contributed by atoms with Crippen LogP contribution in [0.3, 0.4) is 0 Å². The van der Waals surface area contributed by atoms with Gasteiger partial charge in [0, 0.05) is 13.1 Å². The number of fused-ring (bicyclic) bond motifs is 1. The van der Waals surface area contributed by atoms with Crippen molar-refractivity contribution in [3.8, 4) is 0 Å². The molecule has 1 aromatic carbocycles. The molecule has 0 atom stereocenters. The van der Waals surface area contributed by atoms with Gasteiger partial charge in [0.25, 0.3) is 5.56 Å². The van der Waals surface area contributed by atoms with E-state index in [9.17, 15) is 9.59 Å². The number of aromatic nitrogens is 2. The van der Waals surface area contributed by atoms with Crippen molar-refractivity contribution in [3.05, 3.63) is 34.6 Å². The van der Waals surface area contributed by atoms with Gasteiger partial charge in [-0.2, -0.15) is 0 Å². The third-order valence-electron chi connectivity index (χ3n) is 4.19. The van der Waals surface area contributed by atoms with E-state index in [0.29, 0.717) is 35.1 Å². The topological polar surface area (TPSA) is 64.0 Å². The number of rotatable bonds is 10. The van der Waals surface area contributed by atoms with Gasteiger partial charge in [0.05, 0.1) is 16.7 Å². The van der Waals surface area contributed by atoms with Crippen molar-refractivity contribution < 1.29 is 4.79 Å². The number of unbranched alkanes of at least 4 members (excludes halogenated alkanes) is 2. The van der Waals surface area contributed by atoms with E-state index < -0.39 is 0 Å². The van der Waals surface area contributed by atoms with E-state index in [1.807, 2.05) is 24.3 Å². The Kier molecular flexibility index (Phi) is 8.16. The maximum Gasteiger partial charge on any atom is 0.262 e. The highest BCUT2D eigenvalue weighted by atomic mass is 32.2. The second kappa shape index (κ2) is 10.4. The fourth-order valence-corrected chi connectivity index (χ4v) is 3.48. The largest absolute Gasteiger partial charge is 0.355 e. The number of para-hydroxylation sites is 1. The summed E-state index contributed by atoms with van der Waals surface area (Å²) in [5.41, 5.74) is 0.659. The molecule has 0 radical (unpaired) electrons. The van der Waals surface area contributed by atoms with Gasteiger partial charge < -0.3 is 5.32 Å². The smallest absolute Gasteiger partial charge is 0.262 e. The molecule has 1 heterocycles. The minimum absolute atomic E-state index is 0.0103. The number of thioether (sulfide) groups is 1. The summed E-state index contributed by atoms with van der Waals surface area (Å²) in [5, 5.41) is 4.19. The van der Waals surface area contributed by atoms with Crippen molar-refractivity contribution in [2.24, 2.45) is 5.92 Å². The fourth-order valence-electron chi connectivity index (χ4n) is 2.63.